The first-order valence-corrected chi connectivity index (χ1v) is 4.52. The fourth-order valence-corrected chi connectivity index (χ4v) is 2.14. The highest BCUT2D eigenvalue weighted by molar-refractivity contribution is 5.04. The van der Waals surface area contributed by atoms with Crippen molar-refractivity contribution in [3.05, 3.63) is 12.2 Å². The number of hydrogen-bond donors (Lipinski definition) is 3. The molecule has 2 atom stereocenters. The second-order valence-corrected chi connectivity index (χ2v) is 3.83. The first kappa shape index (κ1) is 8.23. The number of fused-ring (bicyclic) bond motifs is 1. The summed E-state index contributed by atoms with van der Waals surface area (Å²) in [6.07, 6.45) is 5.99. The van der Waals surface area contributed by atoms with Gasteiger partial charge in [0.05, 0.1) is 0 Å². The van der Waals surface area contributed by atoms with Crippen molar-refractivity contribution < 1.29 is 10.2 Å². The smallest absolute Gasteiger partial charge is 0.163 e. The Labute approximate surface area is 72.1 Å². The Morgan fingerprint density at radius 2 is 2.25 bits per heavy atom. The van der Waals surface area contributed by atoms with E-state index < -0.39 is 5.79 Å². The van der Waals surface area contributed by atoms with E-state index in [1.807, 2.05) is 0 Å². The van der Waals surface area contributed by atoms with Crippen LogP contribution in [0.4, 0.5) is 0 Å². The molecule has 68 valence electrons. The standard InChI is InChI=1S/C9H15NO2/c11-9(12)4-3-8-7(6-9)2-1-5-10-8/h1-2,7-8,10-12H,3-6H2/t7-,8-/m0/s1. The van der Waals surface area contributed by atoms with E-state index in [2.05, 4.69) is 17.5 Å². The van der Waals surface area contributed by atoms with Crippen molar-refractivity contribution in [1.29, 1.82) is 0 Å². The van der Waals surface area contributed by atoms with Crippen LogP contribution in [0.5, 0.6) is 0 Å². The summed E-state index contributed by atoms with van der Waals surface area (Å²) in [6, 6.07) is 0.461. The van der Waals surface area contributed by atoms with Gasteiger partial charge in [-0.2, -0.15) is 0 Å². The van der Waals surface area contributed by atoms with Gasteiger partial charge in [0.15, 0.2) is 5.79 Å². The second-order valence-electron chi connectivity index (χ2n) is 3.83. The Morgan fingerprint density at radius 3 is 3.08 bits per heavy atom. The average molecular weight is 169 g/mol. The molecule has 0 aromatic rings. The molecule has 0 radical (unpaired) electrons. The van der Waals surface area contributed by atoms with Gasteiger partial charge in [-0.25, -0.2) is 0 Å². The van der Waals surface area contributed by atoms with Crippen molar-refractivity contribution >= 4 is 0 Å². The van der Waals surface area contributed by atoms with E-state index in [4.69, 9.17) is 0 Å². The van der Waals surface area contributed by atoms with Crippen molar-refractivity contribution in [3.8, 4) is 0 Å². The molecule has 1 aliphatic carbocycles. The zero-order valence-corrected chi connectivity index (χ0v) is 7.03. The molecular formula is C9H15NO2. The quantitative estimate of drug-likeness (QED) is 0.353. The van der Waals surface area contributed by atoms with Crippen LogP contribution in [0.1, 0.15) is 19.3 Å². The first-order chi connectivity index (χ1) is 5.67. The van der Waals surface area contributed by atoms with E-state index in [1.54, 1.807) is 0 Å². The van der Waals surface area contributed by atoms with Crippen molar-refractivity contribution in [2.24, 2.45) is 5.92 Å². The topological polar surface area (TPSA) is 52.5 Å². The zero-order valence-electron chi connectivity index (χ0n) is 7.03. The van der Waals surface area contributed by atoms with E-state index in [0.717, 1.165) is 13.0 Å². The average Bonchev–Trinajstić information content (AvgIpc) is 2.02. The molecule has 0 aromatic carbocycles. The molecule has 2 aliphatic rings. The molecule has 0 saturated heterocycles. The molecule has 3 heteroatoms. The summed E-state index contributed by atoms with van der Waals surface area (Å²) in [5.41, 5.74) is 0. The molecule has 12 heavy (non-hydrogen) atoms. The number of hydrogen-bond acceptors (Lipinski definition) is 3. The highest BCUT2D eigenvalue weighted by Crippen LogP contribution is 2.32. The van der Waals surface area contributed by atoms with E-state index in [9.17, 15) is 10.2 Å². The summed E-state index contributed by atoms with van der Waals surface area (Å²) >= 11 is 0. The predicted molar refractivity (Wildman–Crippen MR) is 45.4 cm³/mol. The molecule has 0 amide bonds. The van der Waals surface area contributed by atoms with E-state index in [1.165, 1.54) is 0 Å². The molecule has 0 spiro atoms. The highest BCUT2D eigenvalue weighted by Gasteiger charge is 2.37. The summed E-state index contributed by atoms with van der Waals surface area (Å²) in [4.78, 5) is 0. The monoisotopic (exact) mass is 169 g/mol. The van der Waals surface area contributed by atoms with Crippen LogP contribution in [-0.2, 0) is 0 Å². The van der Waals surface area contributed by atoms with Crippen LogP contribution in [0.25, 0.3) is 0 Å². The van der Waals surface area contributed by atoms with Gasteiger partial charge in [0.2, 0.25) is 0 Å². The molecule has 0 bridgehead atoms. The lowest BCUT2D eigenvalue weighted by Crippen LogP contribution is -2.48. The molecule has 3 nitrogen and oxygen atoms in total. The first-order valence-electron chi connectivity index (χ1n) is 4.52. The van der Waals surface area contributed by atoms with Crippen LogP contribution in [-0.4, -0.2) is 28.6 Å². The van der Waals surface area contributed by atoms with Crippen LogP contribution < -0.4 is 5.32 Å². The third-order valence-electron chi connectivity index (χ3n) is 2.82. The minimum Gasteiger partial charge on any atom is -0.366 e. The third-order valence-corrected chi connectivity index (χ3v) is 2.82. The lowest BCUT2D eigenvalue weighted by atomic mass is 9.79. The maximum absolute atomic E-state index is 9.41. The number of nitrogens with one attached hydrogen (secondary N) is 1. The van der Waals surface area contributed by atoms with Crippen molar-refractivity contribution in [1.82, 2.24) is 5.32 Å². The second kappa shape index (κ2) is 2.83. The third kappa shape index (κ3) is 1.53. The van der Waals surface area contributed by atoms with Crippen LogP contribution in [0.2, 0.25) is 0 Å². The van der Waals surface area contributed by atoms with Gasteiger partial charge in [-0.15, -0.1) is 0 Å². The van der Waals surface area contributed by atoms with Crippen LogP contribution in [0.3, 0.4) is 0 Å². The summed E-state index contributed by atoms with van der Waals surface area (Å²) in [6.45, 7) is 0.922. The number of rotatable bonds is 0. The molecule has 0 unspecified atom stereocenters. The Morgan fingerprint density at radius 1 is 1.42 bits per heavy atom. The normalized spacial score (nSPS) is 39.2. The van der Waals surface area contributed by atoms with Gasteiger partial charge in [-0.1, -0.05) is 12.2 Å². The van der Waals surface area contributed by atoms with Gasteiger partial charge in [-0.05, 0) is 12.3 Å². The van der Waals surface area contributed by atoms with Crippen LogP contribution in [0, 0.1) is 5.92 Å². The molecular weight excluding hydrogens is 154 g/mol. The maximum atomic E-state index is 9.41. The van der Waals surface area contributed by atoms with Crippen molar-refractivity contribution in [2.75, 3.05) is 6.54 Å². The van der Waals surface area contributed by atoms with Gasteiger partial charge >= 0.3 is 0 Å². The van der Waals surface area contributed by atoms with Crippen molar-refractivity contribution in [2.45, 2.75) is 31.1 Å². The van der Waals surface area contributed by atoms with Crippen LogP contribution in [0.15, 0.2) is 12.2 Å². The molecule has 1 heterocycles. The molecule has 1 aliphatic heterocycles. The molecule has 1 saturated carbocycles. The highest BCUT2D eigenvalue weighted by atomic mass is 16.5. The fourth-order valence-electron chi connectivity index (χ4n) is 2.14. The zero-order chi connectivity index (χ0) is 8.60. The largest absolute Gasteiger partial charge is 0.366 e. The Hall–Kier alpha value is -0.380. The summed E-state index contributed by atoms with van der Waals surface area (Å²) in [5, 5.41) is 22.2. The summed E-state index contributed by atoms with van der Waals surface area (Å²) in [5.74, 6) is -1.12. The van der Waals surface area contributed by atoms with Gasteiger partial charge in [-0.3, -0.25) is 0 Å². The lowest BCUT2D eigenvalue weighted by molar-refractivity contribution is -0.190. The Kier molecular flexibility index (Phi) is 1.94. The minimum absolute atomic E-state index is 0.308. The molecule has 2 rings (SSSR count). The van der Waals surface area contributed by atoms with E-state index >= 15 is 0 Å². The fraction of sp³-hybridized carbons (Fsp3) is 0.778. The lowest BCUT2D eigenvalue weighted by Gasteiger charge is -2.39. The number of aliphatic hydroxyl groups is 2. The summed E-state index contributed by atoms with van der Waals surface area (Å²) in [7, 11) is 0. The van der Waals surface area contributed by atoms with Gasteiger partial charge in [0.25, 0.3) is 0 Å². The van der Waals surface area contributed by atoms with Gasteiger partial charge in [0.1, 0.15) is 0 Å². The van der Waals surface area contributed by atoms with Gasteiger partial charge < -0.3 is 15.5 Å². The Bertz CT molecular complexity index is 201. The van der Waals surface area contributed by atoms with Crippen molar-refractivity contribution in [3.63, 3.8) is 0 Å². The summed E-state index contributed by atoms with van der Waals surface area (Å²) < 4.78 is 0. The van der Waals surface area contributed by atoms with E-state index in [0.29, 0.717) is 24.8 Å². The predicted octanol–water partition coefficient (Wildman–Crippen LogP) is -0.00460. The minimum atomic E-state index is -1.43. The molecule has 1 fully saturated rings. The SMILES string of the molecule is OC1(O)CC[C@@H]2NCC=C[C@H]2C1. The van der Waals surface area contributed by atoms with Crippen LogP contribution >= 0.6 is 0 Å². The maximum Gasteiger partial charge on any atom is 0.163 e. The molecule has 3 N–H and O–H groups in total. The van der Waals surface area contributed by atoms with Gasteiger partial charge in [0, 0.05) is 25.4 Å². The van der Waals surface area contributed by atoms with E-state index in [-0.39, 0.29) is 0 Å². The Balaban J connectivity index is 2.07. The molecule has 0 aromatic heterocycles.